The number of para-hydroxylation sites is 1. The van der Waals surface area contributed by atoms with E-state index in [1.165, 1.54) is 18.7 Å². The molecule has 2 rings (SSSR count). The SMILES string of the molecule is COc1ccccc1CNC(=O)c1c(C(F)(F)F)nn(C(C)C)c1C. The van der Waals surface area contributed by atoms with Gasteiger partial charge in [-0.15, -0.1) is 0 Å². The molecule has 8 heteroatoms. The van der Waals surface area contributed by atoms with Gasteiger partial charge in [-0.05, 0) is 26.8 Å². The maximum atomic E-state index is 13.3. The molecule has 5 nitrogen and oxygen atoms in total. The Balaban J connectivity index is 2.32. The highest BCUT2D eigenvalue weighted by Gasteiger charge is 2.41. The number of benzene rings is 1. The van der Waals surface area contributed by atoms with Gasteiger partial charge in [0.2, 0.25) is 0 Å². The van der Waals surface area contributed by atoms with E-state index in [1.807, 2.05) is 0 Å². The molecular formula is C17H20F3N3O2. The largest absolute Gasteiger partial charge is 0.496 e. The van der Waals surface area contributed by atoms with Crippen molar-refractivity contribution in [2.45, 2.75) is 39.5 Å². The minimum Gasteiger partial charge on any atom is -0.496 e. The second-order valence-corrected chi connectivity index (χ2v) is 5.84. The van der Waals surface area contributed by atoms with Gasteiger partial charge >= 0.3 is 6.18 Å². The number of carbonyl (C=O) groups is 1. The highest BCUT2D eigenvalue weighted by Crippen LogP contribution is 2.33. The Kier molecular flexibility index (Phi) is 5.39. The molecule has 136 valence electrons. The Bertz CT molecular complexity index is 767. The maximum absolute atomic E-state index is 13.3. The molecule has 2 aromatic rings. The van der Waals surface area contributed by atoms with Crippen LogP contribution in [0.15, 0.2) is 24.3 Å². The molecule has 1 N–H and O–H groups in total. The first-order valence-electron chi connectivity index (χ1n) is 7.73. The summed E-state index contributed by atoms with van der Waals surface area (Å²) in [5.41, 5.74) is -0.770. The Morgan fingerprint density at radius 2 is 1.96 bits per heavy atom. The van der Waals surface area contributed by atoms with Crippen LogP contribution in [0.4, 0.5) is 13.2 Å². The number of aromatic nitrogens is 2. The van der Waals surface area contributed by atoms with Gasteiger partial charge in [0, 0.05) is 23.8 Å². The molecule has 0 bridgehead atoms. The van der Waals surface area contributed by atoms with Crippen LogP contribution in [0.3, 0.4) is 0 Å². The number of ether oxygens (including phenoxy) is 1. The molecule has 0 aliphatic carbocycles. The zero-order valence-corrected chi connectivity index (χ0v) is 14.4. The van der Waals surface area contributed by atoms with E-state index >= 15 is 0 Å². The average molecular weight is 355 g/mol. The third-order valence-corrected chi connectivity index (χ3v) is 3.77. The van der Waals surface area contributed by atoms with Crippen LogP contribution in [-0.2, 0) is 12.7 Å². The molecule has 0 unspecified atom stereocenters. The van der Waals surface area contributed by atoms with Crippen molar-refractivity contribution in [1.82, 2.24) is 15.1 Å². The van der Waals surface area contributed by atoms with Crippen LogP contribution in [-0.4, -0.2) is 22.8 Å². The van der Waals surface area contributed by atoms with Gasteiger partial charge in [0.15, 0.2) is 5.69 Å². The summed E-state index contributed by atoms with van der Waals surface area (Å²) in [6, 6.07) is 6.67. The van der Waals surface area contributed by atoms with E-state index in [-0.39, 0.29) is 18.3 Å². The third kappa shape index (κ3) is 3.94. The summed E-state index contributed by atoms with van der Waals surface area (Å²) in [5.74, 6) is -0.268. The quantitative estimate of drug-likeness (QED) is 0.889. The Hall–Kier alpha value is -2.51. The standard InChI is InChI=1S/C17H20F3N3O2/c1-10(2)23-11(3)14(15(22-23)17(18,19)20)16(24)21-9-12-7-5-6-8-13(12)25-4/h5-8,10H,9H2,1-4H3,(H,21,24). The summed E-state index contributed by atoms with van der Waals surface area (Å²) in [6.07, 6.45) is -4.71. The van der Waals surface area contributed by atoms with E-state index in [0.29, 0.717) is 11.3 Å². The van der Waals surface area contributed by atoms with Gasteiger partial charge < -0.3 is 10.1 Å². The van der Waals surface area contributed by atoms with Crippen LogP contribution in [0, 0.1) is 6.92 Å². The third-order valence-electron chi connectivity index (χ3n) is 3.77. The summed E-state index contributed by atoms with van der Waals surface area (Å²) in [6.45, 7) is 4.92. The van der Waals surface area contributed by atoms with Crippen molar-refractivity contribution in [2.24, 2.45) is 0 Å². The monoisotopic (exact) mass is 355 g/mol. The predicted octanol–water partition coefficient (Wildman–Crippen LogP) is 3.73. The number of rotatable bonds is 5. The smallest absolute Gasteiger partial charge is 0.435 e. The molecule has 0 aliphatic rings. The summed E-state index contributed by atoms with van der Waals surface area (Å²) in [5, 5.41) is 6.12. The van der Waals surface area contributed by atoms with Gasteiger partial charge in [-0.2, -0.15) is 18.3 Å². The molecule has 1 amide bonds. The normalized spacial score (nSPS) is 11.7. The molecule has 1 aromatic heterocycles. The summed E-state index contributed by atoms with van der Waals surface area (Å²) < 4.78 is 46.2. The van der Waals surface area contributed by atoms with E-state index < -0.39 is 23.3 Å². The topological polar surface area (TPSA) is 56.1 Å². The Morgan fingerprint density at radius 1 is 1.32 bits per heavy atom. The van der Waals surface area contributed by atoms with Gasteiger partial charge in [-0.3, -0.25) is 9.48 Å². The van der Waals surface area contributed by atoms with E-state index in [1.54, 1.807) is 38.1 Å². The number of methoxy groups -OCH3 is 1. The van der Waals surface area contributed by atoms with Crippen LogP contribution < -0.4 is 10.1 Å². The van der Waals surface area contributed by atoms with Crippen molar-refractivity contribution in [3.8, 4) is 5.75 Å². The highest BCUT2D eigenvalue weighted by molar-refractivity contribution is 5.96. The van der Waals surface area contributed by atoms with Crippen LogP contribution in [0.25, 0.3) is 0 Å². The number of alkyl halides is 3. The molecule has 0 radical (unpaired) electrons. The summed E-state index contributed by atoms with van der Waals surface area (Å²) >= 11 is 0. The first-order valence-corrected chi connectivity index (χ1v) is 7.73. The second-order valence-electron chi connectivity index (χ2n) is 5.84. The van der Waals surface area contributed by atoms with Gasteiger partial charge in [0.1, 0.15) is 5.75 Å². The van der Waals surface area contributed by atoms with Crippen molar-refractivity contribution in [3.63, 3.8) is 0 Å². The molecule has 0 aliphatic heterocycles. The lowest BCUT2D eigenvalue weighted by molar-refractivity contribution is -0.141. The first-order chi connectivity index (χ1) is 11.7. The van der Waals surface area contributed by atoms with Gasteiger partial charge in [0.05, 0.1) is 12.7 Å². The Labute approximate surface area is 143 Å². The number of carbonyl (C=O) groups excluding carboxylic acids is 1. The van der Waals surface area contributed by atoms with Gasteiger partial charge in [0.25, 0.3) is 5.91 Å². The second kappa shape index (κ2) is 7.16. The van der Waals surface area contributed by atoms with Crippen LogP contribution >= 0.6 is 0 Å². The number of amides is 1. The average Bonchev–Trinajstić information content (AvgIpc) is 2.90. The zero-order chi connectivity index (χ0) is 18.8. The fraction of sp³-hybridized carbons (Fsp3) is 0.412. The van der Waals surface area contributed by atoms with Gasteiger partial charge in [-0.25, -0.2) is 0 Å². The van der Waals surface area contributed by atoms with Crippen molar-refractivity contribution in [2.75, 3.05) is 7.11 Å². The number of hydrogen-bond donors (Lipinski definition) is 1. The molecule has 1 aromatic carbocycles. The van der Waals surface area contributed by atoms with Gasteiger partial charge in [-0.1, -0.05) is 18.2 Å². The van der Waals surface area contributed by atoms with E-state index in [2.05, 4.69) is 10.4 Å². The van der Waals surface area contributed by atoms with Crippen molar-refractivity contribution in [1.29, 1.82) is 0 Å². The molecule has 0 atom stereocenters. The number of hydrogen-bond acceptors (Lipinski definition) is 3. The molecule has 0 saturated heterocycles. The summed E-state index contributed by atoms with van der Waals surface area (Å²) in [7, 11) is 1.49. The maximum Gasteiger partial charge on any atom is 0.435 e. The molecule has 1 heterocycles. The lowest BCUT2D eigenvalue weighted by Crippen LogP contribution is -2.26. The minimum absolute atomic E-state index is 0.0481. The number of nitrogens with one attached hydrogen (secondary N) is 1. The molecule has 0 saturated carbocycles. The fourth-order valence-corrected chi connectivity index (χ4v) is 2.60. The number of halogens is 3. The molecular weight excluding hydrogens is 335 g/mol. The molecule has 0 fully saturated rings. The predicted molar refractivity (Wildman–Crippen MR) is 86.5 cm³/mol. The van der Waals surface area contributed by atoms with Crippen molar-refractivity contribution in [3.05, 3.63) is 46.8 Å². The molecule has 0 spiro atoms. The summed E-state index contributed by atoms with van der Waals surface area (Å²) in [4.78, 5) is 12.4. The lowest BCUT2D eigenvalue weighted by atomic mass is 10.1. The van der Waals surface area contributed by atoms with Crippen molar-refractivity contribution < 1.29 is 22.7 Å². The molecule has 25 heavy (non-hydrogen) atoms. The van der Waals surface area contributed by atoms with Crippen LogP contribution in [0.2, 0.25) is 0 Å². The highest BCUT2D eigenvalue weighted by atomic mass is 19.4. The zero-order valence-electron chi connectivity index (χ0n) is 14.4. The van der Waals surface area contributed by atoms with Crippen LogP contribution in [0.1, 0.15) is 47.2 Å². The van der Waals surface area contributed by atoms with Crippen LogP contribution in [0.5, 0.6) is 5.75 Å². The lowest BCUT2D eigenvalue weighted by Gasteiger charge is -2.11. The first kappa shape index (κ1) is 18.8. The fourth-order valence-electron chi connectivity index (χ4n) is 2.60. The number of nitrogens with zero attached hydrogens (tertiary/aromatic N) is 2. The minimum atomic E-state index is -4.71. The van der Waals surface area contributed by atoms with E-state index in [0.717, 1.165) is 0 Å². The van der Waals surface area contributed by atoms with Crippen molar-refractivity contribution >= 4 is 5.91 Å². The van der Waals surface area contributed by atoms with E-state index in [4.69, 9.17) is 4.74 Å². The Morgan fingerprint density at radius 3 is 2.52 bits per heavy atom. The van der Waals surface area contributed by atoms with E-state index in [9.17, 15) is 18.0 Å².